The molecule has 2 aromatic rings. The minimum Gasteiger partial charge on any atom is -0.322 e. The van der Waals surface area contributed by atoms with E-state index >= 15 is 0 Å². The van der Waals surface area contributed by atoms with Crippen LogP contribution in [0, 0.1) is 11.3 Å². The first-order valence-corrected chi connectivity index (χ1v) is 11.1. The zero-order chi connectivity index (χ0) is 20.2. The lowest BCUT2D eigenvalue weighted by atomic mass is 9.64. The number of benzene rings is 2. The highest BCUT2D eigenvalue weighted by atomic mass is 35.6. The quantitative estimate of drug-likeness (QED) is 0.389. The molecule has 1 aliphatic carbocycles. The van der Waals surface area contributed by atoms with Gasteiger partial charge in [0.1, 0.15) is 5.66 Å². The van der Waals surface area contributed by atoms with Gasteiger partial charge in [0.05, 0.1) is 0 Å². The van der Waals surface area contributed by atoms with E-state index in [4.69, 9.17) is 34.8 Å². The highest BCUT2D eigenvalue weighted by Gasteiger charge is 2.57. The fraction of sp³-hybridized carbons (Fsp3) is 0.478. The van der Waals surface area contributed by atoms with Crippen molar-refractivity contribution in [1.29, 1.82) is 0 Å². The topological polar surface area (TPSA) is 15.3 Å². The number of anilines is 2. The number of nitrogens with one attached hydrogen (secondary N) is 1. The van der Waals surface area contributed by atoms with E-state index in [1.807, 2.05) is 6.07 Å². The maximum absolute atomic E-state index is 6.34. The van der Waals surface area contributed by atoms with E-state index in [1.54, 1.807) is 0 Å². The first kappa shape index (κ1) is 20.3. The number of alkyl halides is 3. The van der Waals surface area contributed by atoms with E-state index in [1.165, 1.54) is 11.3 Å². The second-order valence-corrected chi connectivity index (χ2v) is 11.4. The van der Waals surface area contributed by atoms with E-state index in [-0.39, 0.29) is 11.3 Å². The molecule has 0 saturated heterocycles. The van der Waals surface area contributed by atoms with Gasteiger partial charge in [-0.05, 0) is 54.4 Å². The average Bonchev–Trinajstić information content (AvgIpc) is 2.89. The maximum Gasteiger partial charge on any atom is 0.247 e. The largest absolute Gasteiger partial charge is 0.322 e. The summed E-state index contributed by atoms with van der Waals surface area (Å²) in [5.41, 5.74) is 3.45. The first-order chi connectivity index (χ1) is 13.1. The summed E-state index contributed by atoms with van der Waals surface area (Å²) in [7, 11) is 0. The van der Waals surface area contributed by atoms with E-state index in [0.717, 1.165) is 24.9 Å². The molecule has 0 amide bonds. The van der Waals surface area contributed by atoms with Crippen molar-refractivity contribution in [3.63, 3.8) is 0 Å². The number of hydrogen-bond donors (Lipinski definition) is 1. The molecule has 1 heterocycles. The van der Waals surface area contributed by atoms with Crippen LogP contribution in [0.4, 0.5) is 11.4 Å². The monoisotopic (exact) mass is 436 g/mol. The SMILES string of the molecule is CC(C)(C)C1CC[C@@]2(NC(Cl)(Cl)Cl)[C@@H](C1)c1ccccc1N2c1ccccc1. The Labute approximate surface area is 183 Å². The smallest absolute Gasteiger partial charge is 0.247 e. The Bertz CT molecular complexity index is 841. The highest BCUT2D eigenvalue weighted by molar-refractivity contribution is 6.67. The summed E-state index contributed by atoms with van der Waals surface area (Å²) in [6.45, 7) is 7.01. The number of nitrogens with zero attached hydrogens (tertiary/aromatic N) is 1. The van der Waals surface area contributed by atoms with Crippen molar-refractivity contribution in [2.75, 3.05) is 4.90 Å². The van der Waals surface area contributed by atoms with Crippen LogP contribution >= 0.6 is 34.8 Å². The molecule has 2 nitrogen and oxygen atoms in total. The fourth-order valence-corrected chi connectivity index (χ4v) is 5.69. The predicted molar refractivity (Wildman–Crippen MR) is 121 cm³/mol. The van der Waals surface area contributed by atoms with E-state index in [9.17, 15) is 0 Å². The van der Waals surface area contributed by atoms with Gasteiger partial charge in [0.2, 0.25) is 3.92 Å². The van der Waals surface area contributed by atoms with Crippen molar-refractivity contribution in [3.05, 3.63) is 60.2 Å². The summed E-state index contributed by atoms with van der Waals surface area (Å²) in [6, 6.07) is 19.1. The Morgan fingerprint density at radius 2 is 1.61 bits per heavy atom. The van der Waals surface area contributed by atoms with Gasteiger partial charge in [-0.15, -0.1) is 0 Å². The molecule has 1 saturated carbocycles. The fourth-order valence-electron chi connectivity index (χ4n) is 5.20. The van der Waals surface area contributed by atoms with Gasteiger partial charge in [0, 0.05) is 17.3 Å². The molecule has 150 valence electrons. The molecule has 0 bridgehead atoms. The summed E-state index contributed by atoms with van der Waals surface area (Å²) in [5, 5.41) is 3.42. The van der Waals surface area contributed by atoms with Gasteiger partial charge in [-0.2, -0.15) is 0 Å². The molecule has 5 heteroatoms. The third-order valence-corrected chi connectivity index (χ3v) is 6.80. The summed E-state index contributed by atoms with van der Waals surface area (Å²) < 4.78 is -1.54. The molecule has 2 aliphatic rings. The third kappa shape index (κ3) is 3.54. The van der Waals surface area contributed by atoms with E-state index < -0.39 is 9.58 Å². The second-order valence-electron chi connectivity index (χ2n) is 9.17. The van der Waals surface area contributed by atoms with Gasteiger partial charge in [0.25, 0.3) is 0 Å². The van der Waals surface area contributed by atoms with E-state index in [0.29, 0.717) is 5.92 Å². The van der Waals surface area contributed by atoms with Crippen molar-refractivity contribution in [3.8, 4) is 0 Å². The molecule has 1 unspecified atom stereocenters. The van der Waals surface area contributed by atoms with Crippen LogP contribution in [-0.2, 0) is 0 Å². The Morgan fingerprint density at radius 1 is 0.964 bits per heavy atom. The average molecular weight is 438 g/mol. The van der Waals surface area contributed by atoms with Crippen molar-refractivity contribution < 1.29 is 0 Å². The number of para-hydroxylation sites is 2. The van der Waals surface area contributed by atoms with E-state index in [2.05, 4.69) is 79.5 Å². The number of fused-ring (bicyclic) bond motifs is 3. The lowest BCUT2D eigenvalue weighted by Crippen LogP contribution is -2.63. The van der Waals surface area contributed by atoms with Gasteiger partial charge in [-0.1, -0.05) is 92.0 Å². The van der Waals surface area contributed by atoms with Gasteiger partial charge in [-0.3, -0.25) is 0 Å². The van der Waals surface area contributed by atoms with Crippen LogP contribution in [0.15, 0.2) is 54.6 Å². The van der Waals surface area contributed by atoms with Gasteiger partial charge in [-0.25, -0.2) is 5.32 Å². The van der Waals surface area contributed by atoms with Crippen molar-refractivity contribution in [1.82, 2.24) is 5.32 Å². The highest BCUT2D eigenvalue weighted by Crippen LogP contribution is 2.60. The second kappa shape index (κ2) is 7.09. The number of halogens is 3. The van der Waals surface area contributed by atoms with Crippen LogP contribution in [0.25, 0.3) is 0 Å². The Kier molecular flexibility index (Phi) is 5.15. The van der Waals surface area contributed by atoms with Gasteiger partial charge >= 0.3 is 0 Å². The normalized spacial score (nSPS) is 27.4. The Morgan fingerprint density at radius 3 is 2.25 bits per heavy atom. The van der Waals surface area contributed by atoms with Crippen LogP contribution in [0.1, 0.15) is 51.5 Å². The molecule has 2 aromatic carbocycles. The molecule has 3 atom stereocenters. The number of hydrogen-bond acceptors (Lipinski definition) is 2. The summed E-state index contributed by atoms with van der Waals surface area (Å²) in [5.74, 6) is 0.865. The zero-order valence-electron chi connectivity index (χ0n) is 16.6. The minimum absolute atomic E-state index is 0.248. The van der Waals surface area contributed by atoms with Crippen LogP contribution < -0.4 is 10.2 Å². The summed E-state index contributed by atoms with van der Waals surface area (Å²) >= 11 is 19.0. The third-order valence-electron chi connectivity index (χ3n) is 6.52. The standard InChI is InChI=1S/C23H27Cl3N2/c1-21(2,3)16-13-14-22(27-23(24,25)26)19(15-16)18-11-7-8-12-20(18)28(22)17-9-5-4-6-10-17/h4-12,16,19,27H,13-15H2,1-3H3/t16?,19-,22-/m0/s1. The Balaban J connectivity index is 1.88. The Hall–Kier alpha value is -0.930. The van der Waals surface area contributed by atoms with Gasteiger partial charge in [0.15, 0.2) is 0 Å². The maximum atomic E-state index is 6.34. The molecule has 1 N–H and O–H groups in total. The van der Waals surface area contributed by atoms with Crippen molar-refractivity contribution in [2.24, 2.45) is 11.3 Å². The molecule has 0 radical (unpaired) electrons. The molecule has 1 aliphatic heterocycles. The molecular formula is C23H27Cl3N2. The van der Waals surface area contributed by atoms with Crippen LogP contribution in [0.2, 0.25) is 0 Å². The minimum atomic E-state index is -1.54. The van der Waals surface area contributed by atoms with Crippen molar-refractivity contribution >= 4 is 46.2 Å². The molecule has 1 fully saturated rings. The van der Waals surface area contributed by atoms with Gasteiger partial charge < -0.3 is 4.90 Å². The summed E-state index contributed by atoms with van der Waals surface area (Å²) in [6.07, 6.45) is 3.07. The first-order valence-electron chi connectivity index (χ1n) is 9.92. The lowest BCUT2D eigenvalue weighted by Gasteiger charge is -2.52. The summed E-state index contributed by atoms with van der Waals surface area (Å²) in [4.78, 5) is 2.37. The zero-order valence-corrected chi connectivity index (χ0v) is 18.8. The predicted octanol–water partition coefficient (Wildman–Crippen LogP) is 7.38. The van der Waals surface area contributed by atoms with Crippen LogP contribution in [0.5, 0.6) is 0 Å². The molecular weight excluding hydrogens is 411 g/mol. The van der Waals surface area contributed by atoms with Crippen LogP contribution in [-0.4, -0.2) is 9.58 Å². The molecule has 4 rings (SSSR count). The van der Waals surface area contributed by atoms with Crippen LogP contribution in [0.3, 0.4) is 0 Å². The number of rotatable bonds is 2. The van der Waals surface area contributed by atoms with Crippen molar-refractivity contribution in [2.45, 2.75) is 55.5 Å². The lowest BCUT2D eigenvalue weighted by molar-refractivity contribution is 0.102. The molecule has 28 heavy (non-hydrogen) atoms. The molecule has 0 aromatic heterocycles. The molecule has 0 spiro atoms.